The fraction of sp³-hybridized carbons (Fsp3) is 0.683. The number of likely N-dealkylation sites (tertiary alicyclic amines) is 2. The molecule has 8 aliphatic rings. The maximum absolute atomic E-state index is 14.4. The van der Waals surface area contributed by atoms with Gasteiger partial charge in [-0.1, -0.05) is 137 Å². The summed E-state index contributed by atoms with van der Waals surface area (Å²) in [5.74, 6) is -9.08. The zero-order valence-corrected chi connectivity index (χ0v) is 53.6. The molecule has 24 nitrogen and oxygen atoms in total. The third-order valence-electron chi connectivity index (χ3n) is 19.6. The van der Waals surface area contributed by atoms with E-state index in [0.717, 1.165) is 56.1 Å². The van der Waals surface area contributed by atoms with Gasteiger partial charge in [0, 0.05) is 24.9 Å². The second-order valence-corrected chi connectivity index (χ2v) is 30.1. The third kappa shape index (κ3) is 15.2. The van der Waals surface area contributed by atoms with Crippen LogP contribution in [0.5, 0.6) is 0 Å². The zero-order valence-electron chi connectivity index (χ0n) is 52.0. The minimum atomic E-state index is -1.27. The Balaban J connectivity index is 0.000000230. The molecule has 89 heavy (non-hydrogen) atoms. The number of nitrogens with one attached hydrogen (secondary N) is 6. The van der Waals surface area contributed by atoms with Crippen molar-refractivity contribution in [2.75, 3.05) is 19.7 Å². The largest absolute Gasteiger partial charge is 0.480 e. The van der Waals surface area contributed by atoms with Crippen molar-refractivity contribution >= 4 is 94.2 Å². The molecule has 0 aromatic heterocycles. The Kier molecular flexibility index (Phi) is 20.0. The van der Waals surface area contributed by atoms with E-state index >= 15 is 0 Å². The van der Waals surface area contributed by atoms with Crippen molar-refractivity contribution < 1.29 is 67.4 Å². The van der Waals surface area contributed by atoms with Gasteiger partial charge in [0.1, 0.15) is 46.7 Å². The summed E-state index contributed by atoms with van der Waals surface area (Å²) < 4.78 is 4.06. The number of alkyl halides is 2. The molecule has 6 aliphatic carbocycles. The number of ether oxygens (including phenoxy) is 1. The highest BCUT2D eigenvalue weighted by molar-refractivity contribution is 6.51. The molecule has 2 heterocycles. The van der Waals surface area contributed by atoms with Crippen molar-refractivity contribution in [2.45, 2.75) is 191 Å². The predicted molar refractivity (Wildman–Crippen MR) is 326 cm³/mol. The van der Waals surface area contributed by atoms with Crippen molar-refractivity contribution in [3.8, 4) is 0 Å². The molecule has 1 aromatic carbocycles. The van der Waals surface area contributed by atoms with E-state index < -0.39 is 152 Å². The molecule has 7 fully saturated rings. The Morgan fingerprint density at radius 1 is 0.674 bits per heavy atom. The molecule has 9 rings (SSSR count). The number of primary amides is 2. The molecule has 2 unspecified atom stereocenters. The SMILES string of the molecule is C=CCOC(=O)C1(NC(=O)N[C@H](C(=O)N2C[C@H]3[C@@H]([C@H]2C(=O)NC(CC2CC2)C(=O)C(N)=O)C3(C)C)C(C)(C)C)CCCCC1.CC(C)(C)[C@H](NC(=O)N[C@H](C(=O)N1C[C@H]2[C@@H]([C@H]1C(=O)NC(CC1CC1)C(=O)C(N)=O)C2(Cl)Cl)C1Cc2ccccc2C1)C(=O)O. The van der Waals surface area contributed by atoms with Gasteiger partial charge in [-0.25, -0.2) is 19.2 Å². The second kappa shape index (κ2) is 26.2. The van der Waals surface area contributed by atoms with E-state index in [1.54, 1.807) is 20.8 Å². The lowest BCUT2D eigenvalue weighted by atomic mass is 9.81. The average molecular weight is 1280 g/mol. The molecular formula is C63H88Cl2N10O14. The van der Waals surface area contributed by atoms with Crippen LogP contribution in [0.3, 0.4) is 0 Å². The lowest BCUT2D eigenvalue weighted by Crippen LogP contribution is -2.64. The number of amides is 10. The molecule has 2 saturated heterocycles. The number of piperidine rings is 2. The van der Waals surface area contributed by atoms with Crippen LogP contribution in [0.15, 0.2) is 36.9 Å². The van der Waals surface area contributed by atoms with Crippen LogP contribution in [0.25, 0.3) is 0 Å². The Morgan fingerprint density at radius 2 is 1.15 bits per heavy atom. The molecule has 11 N–H and O–H groups in total. The number of aliphatic carboxylic acids is 1. The minimum absolute atomic E-state index is 0.0244. The van der Waals surface area contributed by atoms with Gasteiger partial charge in [-0.15, -0.1) is 23.2 Å². The first-order valence-corrected chi connectivity index (χ1v) is 31.8. The number of carbonyl (C=O) groups is 12. The lowest BCUT2D eigenvalue weighted by Gasteiger charge is -2.39. The molecule has 0 bridgehead atoms. The molecule has 0 spiro atoms. The second-order valence-electron chi connectivity index (χ2n) is 28.7. The van der Waals surface area contributed by atoms with Gasteiger partial charge < -0.3 is 63.0 Å². The Labute approximate surface area is 528 Å². The van der Waals surface area contributed by atoms with Gasteiger partial charge in [0.25, 0.3) is 11.8 Å². The number of benzene rings is 1. The number of hydrogen-bond donors (Lipinski definition) is 9. The molecule has 26 heteroatoms. The molecule has 1 aromatic rings. The van der Waals surface area contributed by atoms with Gasteiger partial charge in [0.05, 0.1) is 12.1 Å². The summed E-state index contributed by atoms with van der Waals surface area (Å²) in [6.45, 7) is 18.5. The molecule has 0 radical (unpaired) electrons. The van der Waals surface area contributed by atoms with E-state index in [2.05, 4.69) is 38.5 Å². The average Bonchev–Trinajstić information content (AvgIpc) is 1.54. The number of Topliss-reactive ketones (excluding diaryl/α,β-unsaturated/α-hetero) is 2. The van der Waals surface area contributed by atoms with Crippen LogP contribution in [0, 0.1) is 57.7 Å². The number of hydrogen-bond acceptors (Lipinski definition) is 13. The van der Waals surface area contributed by atoms with E-state index in [1.165, 1.54) is 15.9 Å². The first-order chi connectivity index (χ1) is 41.5. The van der Waals surface area contributed by atoms with Gasteiger partial charge >= 0.3 is 24.0 Å². The van der Waals surface area contributed by atoms with Gasteiger partial charge in [0.2, 0.25) is 35.2 Å². The summed E-state index contributed by atoms with van der Waals surface area (Å²) in [6, 6.07) is -1.47. The highest BCUT2D eigenvalue weighted by Crippen LogP contribution is 2.66. The molecule has 488 valence electrons. The monoisotopic (exact) mass is 1280 g/mol. The highest BCUT2D eigenvalue weighted by atomic mass is 35.5. The van der Waals surface area contributed by atoms with Crippen LogP contribution in [0.4, 0.5) is 9.59 Å². The van der Waals surface area contributed by atoms with Crippen molar-refractivity contribution in [1.82, 2.24) is 41.7 Å². The van der Waals surface area contributed by atoms with E-state index in [0.29, 0.717) is 38.6 Å². The van der Waals surface area contributed by atoms with Gasteiger partial charge in [-0.2, -0.15) is 0 Å². The Bertz CT molecular complexity index is 2990. The number of ketones is 2. The quantitative estimate of drug-likeness (QED) is 0.0328. The minimum Gasteiger partial charge on any atom is -0.480 e. The number of carboxylic acid groups (broad SMARTS) is 1. The van der Waals surface area contributed by atoms with Crippen LogP contribution in [-0.2, 0) is 65.5 Å². The summed E-state index contributed by atoms with van der Waals surface area (Å²) in [4.78, 5) is 159. The first-order valence-electron chi connectivity index (χ1n) is 31.0. The van der Waals surface area contributed by atoms with Crippen LogP contribution in [0.2, 0.25) is 0 Å². The Morgan fingerprint density at radius 3 is 1.61 bits per heavy atom. The maximum Gasteiger partial charge on any atom is 0.332 e. The van der Waals surface area contributed by atoms with Crippen LogP contribution >= 0.6 is 23.2 Å². The maximum atomic E-state index is 14.4. The fourth-order valence-electron chi connectivity index (χ4n) is 14.0. The number of nitrogens with two attached hydrogens (primary N) is 2. The number of esters is 1. The normalized spacial score (nSPS) is 25.8. The predicted octanol–water partition coefficient (Wildman–Crippen LogP) is 3.49. The third-order valence-corrected chi connectivity index (χ3v) is 20.7. The van der Waals surface area contributed by atoms with Crippen LogP contribution in [0.1, 0.15) is 137 Å². The molecular weight excluding hydrogens is 1190 g/mol. The van der Waals surface area contributed by atoms with E-state index in [9.17, 15) is 62.6 Å². The summed E-state index contributed by atoms with van der Waals surface area (Å²) in [6.07, 6.45) is 9.80. The fourth-order valence-corrected chi connectivity index (χ4v) is 14.8. The molecule has 5 saturated carbocycles. The van der Waals surface area contributed by atoms with E-state index in [4.69, 9.17) is 39.4 Å². The topological polar surface area (TPSA) is 365 Å². The number of urea groups is 2. The van der Waals surface area contributed by atoms with Crippen molar-refractivity contribution in [1.29, 1.82) is 0 Å². The van der Waals surface area contributed by atoms with E-state index in [-0.39, 0.29) is 48.7 Å². The number of carbonyl (C=O) groups excluding carboxylic acids is 11. The smallest absolute Gasteiger partial charge is 0.332 e. The van der Waals surface area contributed by atoms with Crippen LogP contribution in [-0.4, -0.2) is 158 Å². The van der Waals surface area contributed by atoms with Gasteiger partial charge in [-0.05, 0) is 95.5 Å². The number of carboxylic acids is 1. The molecule has 11 atom stereocenters. The molecule has 2 aliphatic heterocycles. The number of fused-ring (bicyclic) bond motifs is 3. The van der Waals surface area contributed by atoms with Crippen molar-refractivity contribution in [2.24, 2.45) is 69.1 Å². The summed E-state index contributed by atoms with van der Waals surface area (Å²) in [7, 11) is 0. The summed E-state index contributed by atoms with van der Waals surface area (Å²) in [5, 5.41) is 26.0. The number of nitrogens with zero attached hydrogens (tertiary/aromatic N) is 2. The van der Waals surface area contributed by atoms with Gasteiger partial charge in [-0.3, -0.25) is 38.4 Å². The zero-order chi connectivity index (χ0) is 65.6. The number of halogens is 2. The Hall–Kier alpha value is -6.82. The van der Waals surface area contributed by atoms with Crippen molar-refractivity contribution in [3.05, 3.63) is 48.0 Å². The number of rotatable bonds is 23. The molecule has 10 amide bonds. The first kappa shape index (κ1) is 68.1. The van der Waals surface area contributed by atoms with Gasteiger partial charge in [0.15, 0.2) is 0 Å². The lowest BCUT2D eigenvalue weighted by molar-refractivity contribution is -0.151. The summed E-state index contributed by atoms with van der Waals surface area (Å²) >= 11 is 13.0. The summed E-state index contributed by atoms with van der Waals surface area (Å²) in [5.41, 5.74) is 9.61. The van der Waals surface area contributed by atoms with E-state index in [1.807, 2.05) is 58.9 Å². The van der Waals surface area contributed by atoms with Crippen molar-refractivity contribution in [3.63, 3.8) is 0 Å². The van der Waals surface area contributed by atoms with Crippen LogP contribution < -0.4 is 43.4 Å². The highest BCUT2D eigenvalue weighted by Gasteiger charge is 2.74. The standard InChI is InChI=1S/C32H49N5O7.C31H39Cl2N5O7/c1-7-15-44-28(42)32(13-9-8-10-14-32)36-29(43)35-24(30(2,3)4)27(41)37-17-19-21(31(19,5)6)22(37)26(40)34-20(16-18-11-12-18)23(38)25(33)39;1-30(2,3)24(28(43)44)37-29(45)36-21(17-11-15-6-4-5-7-16(15)12-17)27(42)38-13-18-20(31(18,32)33)22(38)26(41)35-19(10-14-8-9-14)23(39)25(34)40/h7,18-22,24H,1,8-17H2,2-6H3,(H2,33,39)(H,34,40)(H2,35,36,43);4-7,14,17-22,24H,8-13H2,1-3H3,(H2,34,40)(H,35,41)(H,43,44)(H2,36,37,45)/t19-,20?,21-,22-,24+;18-,19?,20-,21-,22-,24+/m00/s1.